The number of halogens is 7. The molecule has 0 aromatic carbocycles. The lowest BCUT2D eigenvalue weighted by Gasteiger charge is -2.23. The Morgan fingerprint density at radius 2 is 1.35 bits per heavy atom. The molecule has 0 radical (unpaired) electrons. The highest BCUT2D eigenvalue weighted by molar-refractivity contribution is 7.87. The van der Waals surface area contributed by atoms with Crippen LogP contribution in [0.5, 0.6) is 0 Å². The van der Waals surface area contributed by atoms with Crippen LogP contribution in [-0.4, -0.2) is 35.3 Å². The van der Waals surface area contributed by atoms with E-state index < -0.39 is 46.7 Å². The fourth-order valence-electron chi connectivity index (χ4n) is 1.16. The van der Waals surface area contributed by atoms with Gasteiger partial charge >= 0.3 is 27.5 Å². The maximum absolute atomic E-state index is 12.6. The Balaban J connectivity index is 0.000000664. The molecule has 0 aliphatic heterocycles. The number of rotatable bonds is 5. The molecular formula is C11H12F7NO3S. The Bertz CT molecular complexity index is 534. The fourth-order valence-corrected chi connectivity index (χ4v) is 1.64. The highest BCUT2D eigenvalue weighted by Crippen LogP contribution is 2.42. The Kier molecular flexibility index (Phi) is 7.41. The summed E-state index contributed by atoms with van der Waals surface area (Å²) in [6.45, 7) is 0. The summed E-state index contributed by atoms with van der Waals surface area (Å²) in [6.07, 6.45) is -6.48. The van der Waals surface area contributed by atoms with E-state index in [-0.39, 0.29) is 0 Å². The first-order valence-corrected chi connectivity index (χ1v) is 7.29. The summed E-state index contributed by atoms with van der Waals surface area (Å²) in [7, 11) is -6.39. The molecule has 0 aliphatic rings. The average Bonchev–Trinajstić information content (AvgIpc) is 2.38. The van der Waals surface area contributed by atoms with Gasteiger partial charge in [-0.15, -0.1) is 0 Å². The van der Waals surface area contributed by atoms with Crippen molar-refractivity contribution < 1.29 is 43.7 Å². The third-order valence-electron chi connectivity index (χ3n) is 2.27. The molecule has 0 atom stereocenters. The lowest BCUT2D eigenvalue weighted by atomic mass is 10.1. The van der Waals surface area contributed by atoms with Crippen LogP contribution in [0.3, 0.4) is 0 Å². The third-order valence-corrected chi connectivity index (χ3v) is 3.21. The zero-order valence-electron chi connectivity index (χ0n) is 11.3. The van der Waals surface area contributed by atoms with Crippen LogP contribution >= 0.6 is 0 Å². The second-order valence-corrected chi connectivity index (χ2v) is 5.65. The van der Waals surface area contributed by atoms with Crippen molar-refractivity contribution in [1.82, 2.24) is 4.98 Å². The van der Waals surface area contributed by atoms with Gasteiger partial charge in [-0.3, -0.25) is 9.54 Å². The lowest BCUT2D eigenvalue weighted by Crippen LogP contribution is -2.46. The average molecular weight is 371 g/mol. The smallest absolute Gasteiger partial charge is 0.281 e. The first-order chi connectivity index (χ1) is 10.2. The van der Waals surface area contributed by atoms with Crippen LogP contribution in [0.4, 0.5) is 30.7 Å². The van der Waals surface area contributed by atoms with Crippen molar-refractivity contribution in [2.24, 2.45) is 0 Å². The van der Waals surface area contributed by atoms with E-state index in [0.29, 0.717) is 0 Å². The second-order valence-electron chi connectivity index (χ2n) is 4.19. The van der Waals surface area contributed by atoms with Crippen molar-refractivity contribution in [3.8, 4) is 0 Å². The van der Waals surface area contributed by atoms with Crippen LogP contribution < -0.4 is 0 Å². The van der Waals surface area contributed by atoms with Gasteiger partial charge in [-0.2, -0.15) is 39.2 Å². The molecule has 1 heterocycles. The molecule has 1 N–H and O–H groups in total. The minimum absolute atomic E-state index is 1.39. The zero-order valence-corrected chi connectivity index (χ0v) is 12.1. The third kappa shape index (κ3) is 7.59. The van der Waals surface area contributed by atoms with E-state index in [1.54, 1.807) is 12.4 Å². The highest BCUT2D eigenvalue weighted by Gasteiger charge is 2.65. The number of nitrogens with zero attached hydrogens (tertiary/aromatic N) is 1. The van der Waals surface area contributed by atoms with Crippen molar-refractivity contribution in [3.63, 3.8) is 0 Å². The molecule has 134 valence electrons. The van der Waals surface area contributed by atoms with Crippen molar-refractivity contribution >= 4 is 10.1 Å². The molecule has 0 bridgehead atoms. The van der Waals surface area contributed by atoms with Gasteiger partial charge in [0.1, 0.15) is 0 Å². The minimum atomic E-state index is -6.39. The van der Waals surface area contributed by atoms with E-state index >= 15 is 0 Å². The van der Waals surface area contributed by atoms with E-state index in [9.17, 15) is 39.2 Å². The zero-order chi connectivity index (χ0) is 18.4. The normalized spacial score (nSPS) is 13.2. The van der Waals surface area contributed by atoms with Crippen molar-refractivity contribution in [1.29, 1.82) is 0 Å². The van der Waals surface area contributed by atoms with Crippen LogP contribution in [0, 0.1) is 0 Å². The molecule has 4 nitrogen and oxygen atoms in total. The molecule has 12 heteroatoms. The molecule has 0 amide bonds. The topological polar surface area (TPSA) is 67.3 Å². The Morgan fingerprint density at radius 1 is 0.870 bits per heavy atom. The quantitative estimate of drug-likeness (QED) is 0.629. The molecule has 1 rings (SSSR count). The Hall–Kier alpha value is -1.43. The maximum Gasteiger partial charge on any atom is 0.431 e. The largest absolute Gasteiger partial charge is 0.431 e. The van der Waals surface area contributed by atoms with Crippen molar-refractivity contribution in [3.05, 3.63) is 30.6 Å². The van der Waals surface area contributed by atoms with Crippen LogP contribution in [-0.2, 0) is 10.1 Å². The van der Waals surface area contributed by atoms with Gasteiger partial charge in [-0.1, -0.05) is 6.07 Å². The van der Waals surface area contributed by atoms with Gasteiger partial charge in [0.05, 0.1) is 0 Å². The fraction of sp³-hybridized carbons (Fsp3) is 0.545. The predicted octanol–water partition coefficient (Wildman–Crippen LogP) is 3.92. The number of pyridine rings is 1. The predicted molar refractivity (Wildman–Crippen MR) is 65.6 cm³/mol. The summed E-state index contributed by atoms with van der Waals surface area (Å²) in [4.78, 5) is 3.78. The molecular weight excluding hydrogens is 359 g/mol. The summed E-state index contributed by atoms with van der Waals surface area (Å²) in [5.74, 6) is -5.27. The summed E-state index contributed by atoms with van der Waals surface area (Å²) in [6, 6.07) is 5.72. The lowest BCUT2D eigenvalue weighted by molar-refractivity contribution is -0.173. The number of aromatic nitrogens is 1. The number of alkyl halides is 7. The van der Waals surface area contributed by atoms with Crippen LogP contribution in [0.15, 0.2) is 30.6 Å². The van der Waals surface area contributed by atoms with Gasteiger partial charge in [-0.25, -0.2) is 0 Å². The van der Waals surface area contributed by atoms with Gasteiger partial charge in [0.15, 0.2) is 0 Å². The summed E-state index contributed by atoms with van der Waals surface area (Å²) >= 11 is 0. The van der Waals surface area contributed by atoms with Gasteiger partial charge in [0.2, 0.25) is 0 Å². The van der Waals surface area contributed by atoms with E-state index in [0.717, 1.165) is 0 Å². The van der Waals surface area contributed by atoms with E-state index in [1.165, 1.54) is 0 Å². The summed E-state index contributed by atoms with van der Waals surface area (Å²) < 4.78 is 113. The van der Waals surface area contributed by atoms with E-state index in [2.05, 4.69) is 4.98 Å². The summed E-state index contributed by atoms with van der Waals surface area (Å²) in [5, 5.41) is -5.81. The molecule has 1 aromatic heterocycles. The van der Waals surface area contributed by atoms with Gasteiger partial charge in [0, 0.05) is 25.2 Å². The standard InChI is InChI=1S/C6H7F7O3S.C5H5N/c7-4(8,2-1-3-5(9,10)11)6(12,13)17(14,15)16;1-2-4-6-5-3-1/h1-3H2,(H,14,15,16);1-5H. The van der Waals surface area contributed by atoms with Crippen molar-refractivity contribution in [2.45, 2.75) is 36.6 Å². The second kappa shape index (κ2) is 7.90. The molecule has 0 aliphatic carbocycles. The molecule has 0 spiro atoms. The molecule has 1 aromatic rings. The van der Waals surface area contributed by atoms with Crippen LogP contribution in [0.25, 0.3) is 0 Å². The molecule has 0 saturated heterocycles. The molecule has 0 unspecified atom stereocenters. The first kappa shape index (κ1) is 21.6. The first-order valence-electron chi connectivity index (χ1n) is 5.85. The number of hydrogen-bond donors (Lipinski definition) is 1. The summed E-state index contributed by atoms with van der Waals surface area (Å²) in [5.41, 5.74) is 0. The van der Waals surface area contributed by atoms with Crippen molar-refractivity contribution in [2.75, 3.05) is 0 Å². The maximum atomic E-state index is 12.6. The Morgan fingerprint density at radius 3 is 1.61 bits per heavy atom. The molecule has 0 fully saturated rings. The minimum Gasteiger partial charge on any atom is -0.281 e. The highest BCUT2D eigenvalue weighted by atomic mass is 32.2. The number of hydrogen-bond acceptors (Lipinski definition) is 3. The van der Waals surface area contributed by atoms with Gasteiger partial charge < -0.3 is 0 Å². The molecule has 0 saturated carbocycles. The SMILES string of the molecule is O=S(=O)(O)C(F)(F)C(F)(F)CCCC(F)(F)F.c1ccncc1. The van der Waals surface area contributed by atoms with E-state index in [1.807, 2.05) is 18.2 Å². The monoisotopic (exact) mass is 371 g/mol. The van der Waals surface area contributed by atoms with Crippen LogP contribution in [0.2, 0.25) is 0 Å². The Labute approximate surface area is 127 Å². The van der Waals surface area contributed by atoms with Crippen LogP contribution in [0.1, 0.15) is 19.3 Å². The van der Waals surface area contributed by atoms with E-state index in [4.69, 9.17) is 4.55 Å². The van der Waals surface area contributed by atoms with Gasteiger partial charge in [-0.05, 0) is 18.6 Å². The molecule has 23 heavy (non-hydrogen) atoms. The van der Waals surface area contributed by atoms with Gasteiger partial charge in [0.25, 0.3) is 0 Å².